The molecule has 0 aromatic carbocycles. The van der Waals surface area contributed by atoms with Crippen LogP contribution in [0.3, 0.4) is 0 Å². The molecule has 1 aromatic heterocycles. The predicted molar refractivity (Wildman–Crippen MR) is 47.7 cm³/mol. The van der Waals surface area contributed by atoms with E-state index in [1.807, 2.05) is 0 Å². The molecule has 0 spiro atoms. The molecule has 5 nitrogen and oxygen atoms in total. The number of carbonyl (C=O) groups is 1. The molecule has 5 heteroatoms. The van der Waals surface area contributed by atoms with Gasteiger partial charge < -0.3 is 10.0 Å². The molecule has 0 aliphatic heterocycles. The van der Waals surface area contributed by atoms with Gasteiger partial charge in [0.05, 0.1) is 12.1 Å². The van der Waals surface area contributed by atoms with Crippen LogP contribution in [0.5, 0.6) is 0 Å². The van der Waals surface area contributed by atoms with Gasteiger partial charge >= 0.3 is 5.97 Å². The van der Waals surface area contributed by atoms with Gasteiger partial charge in [-0.15, -0.1) is 0 Å². The van der Waals surface area contributed by atoms with Gasteiger partial charge in [0.15, 0.2) is 0 Å². The number of hydrogen-bond donors (Lipinski definition) is 1. The van der Waals surface area contributed by atoms with E-state index in [4.69, 9.17) is 5.11 Å². The lowest BCUT2D eigenvalue weighted by atomic mass is 10.3. The highest BCUT2D eigenvalue weighted by molar-refractivity contribution is 5.69. The average molecular weight is 181 g/mol. The van der Waals surface area contributed by atoms with Crippen molar-refractivity contribution in [3.8, 4) is 0 Å². The summed E-state index contributed by atoms with van der Waals surface area (Å²) < 4.78 is 0. The van der Waals surface area contributed by atoms with Crippen LogP contribution in [-0.2, 0) is 11.2 Å². The number of nitrogens with zero attached hydrogens (tertiary/aromatic N) is 3. The Morgan fingerprint density at radius 2 is 2.31 bits per heavy atom. The fourth-order valence-electron chi connectivity index (χ4n) is 0.853. The van der Waals surface area contributed by atoms with Gasteiger partial charge in [-0.25, -0.2) is 9.97 Å². The third-order valence-electron chi connectivity index (χ3n) is 1.43. The Kier molecular flexibility index (Phi) is 2.79. The molecule has 0 fully saturated rings. The summed E-state index contributed by atoms with van der Waals surface area (Å²) in [6.45, 7) is 0. The summed E-state index contributed by atoms with van der Waals surface area (Å²) in [5.74, 6) is -0.359. The molecule has 0 saturated carbocycles. The normalized spacial score (nSPS) is 9.69. The van der Waals surface area contributed by atoms with Crippen LogP contribution in [-0.4, -0.2) is 35.1 Å². The number of carboxylic acids is 1. The van der Waals surface area contributed by atoms with Crippen molar-refractivity contribution in [3.63, 3.8) is 0 Å². The van der Waals surface area contributed by atoms with Crippen LogP contribution in [0, 0.1) is 0 Å². The number of anilines is 1. The second-order valence-electron chi connectivity index (χ2n) is 2.81. The fraction of sp³-hybridized carbons (Fsp3) is 0.375. The van der Waals surface area contributed by atoms with Crippen LogP contribution in [0.2, 0.25) is 0 Å². The zero-order chi connectivity index (χ0) is 9.84. The van der Waals surface area contributed by atoms with Crippen LogP contribution in [0.4, 0.5) is 5.95 Å². The third-order valence-corrected chi connectivity index (χ3v) is 1.43. The highest BCUT2D eigenvalue weighted by Crippen LogP contribution is 2.03. The number of rotatable bonds is 3. The highest BCUT2D eigenvalue weighted by Gasteiger charge is 2.04. The molecule has 0 unspecified atom stereocenters. The van der Waals surface area contributed by atoms with Gasteiger partial charge in [0.2, 0.25) is 5.95 Å². The van der Waals surface area contributed by atoms with Crippen molar-refractivity contribution >= 4 is 11.9 Å². The molecular weight excluding hydrogens is 170 g/mol. The van der Waals surface area contributed by atoms with E-state index >= 15 is 0 Å². The van der Waals surface area contributed by atoms with E-state index in [0.717, 1.165) is 0 Å². The molecule has 70 valence electrons. The van der Waals surface area contributed by atoms with Crippen molar-refractivity contribution in [2.24, 2.45) is 0 Å². The second-order valence-corrected chi connectivity index (χ2v) is 2.81. The first-order valence-corrected chi connectivity index (χ1v) is 3.80. The first kappa shape index (κ1) is 9.44. The first-order chi connectivity index (χ1) is 6.09. The van der Waals surface area contributed by atoms with Crippen LogP contribution in [0.15, 0.2) is 12.3 Å². The van der Waals surface area contributed by atoms with Crippen LogP contribution in [0.1, 0.15) is 5.69 Å². The molecule has 0 atom stereocenters. The number of hydrogen-bond acceptors (Lipinski definition) is 4. The predicted octanol–water partition coefficient (Wildman–Crippen LogP) is 0.170. The van der Waals surface area contributed by atoms with Crippen LogP contribution in [0.25, 0.3) is 0 Å². The highest BCUT2D eigenvalue weighted by atomic mass is 16.4. The van der Waals surface area contributed by atoms with E-state index in [-0.39, 0.29) is 6.42 Å². The molecule has 0 bridgehead atoms. The number of carboxylic acid groups (broad SMARTS) is 1. The van der Waals surface area contributed by atoms with Gasteiger partial charge in [-0.2, -0.15) is 0 Å². The van der Waals surface area contributed by atoms with Crippen molar-refractivity contribution in [1.29, 1.82) is 0 Å². The van der Waals surface area contributed by atoms with Gasteiger partial charge in [0.25, 0.3) is 0 Å². The molecule has 0 radical (unpaired) electrons. The summed E-state index contributed by atoms with van der Waals surface area (Å²) in [6.07, 6.45) is 1.49. The van der Waals surface area contributed by atoms with E-state index in [0.29, 0.717) is 11.6 Å². The number of aromatic nitrogens is 2. The molecule has 1 aromatic rings. The van der Waals surface area contributed by atoms with Crippen molar-refractivity contribution < 1.29 is 9.90 Å². The third kappa shape index (κ3) is 2.70. The Labute approximate surface area is 76.0 Å². The smallest absolute Gasteiger partial charge is 0.309 e. The minimum absolute atomic E-state index is 0.0661. The molecule has 0 aliphatic rings. The van der Waals surface area contributed by atoms with Crippen LogP contribution < -0.4 is 4.90 Å². The fourth-order valence-corrected chi connectivity index (χ4v) is 0.853. The summed E-state index contributed by atoms with van der Waals surface area (Å²) in [7, 11) is 3.61. The Morgan fingerprint density at radius 3 is 2.85 bits per heavy atom. The van der Waals surface area contributed by atoms with E-state index in [1.54, 1.807) is 31.3 Å². The summed E-state index contributed by atoms with van der Waals surface area (Å²) in [6, 6.07) is 1.60. The second kappa shape index (κ2) is 3.84. The summed E-state index contributed by atoms with van der Waals surface area (Å²) in [4.78, 5) is 20.1. The molecule has 1 N–H and O–H groups in total. The van der Waals surface area contributed by atoms with Gasteiger partial charge in [-0.05, 0) is 6.07 Å². The summed E-state index contributed by atoms with van der Waals surface area (Å²) >= 11 is 0. The average Bonchev–Trinajstić information content (AvgIpc) is 2.03. The van der Waals surface area contributed by atoms with E-state index in [9.17, 15) is 4.79 Å². The Hall–Kier alpha value is -1.65. The van der Waals surface area contributed by atoms with Gasteiger partial charge in [-0.3, -0.25) is 4.79 Å². The number of aliphatic carboxylic acids is 1. The largest absolute Gasteiger partial charge is 0.481 e. The van der Waals surface area contributed by atoms with Crippen molar-refractivity contribution in [3.05, 3.63) is 18.0 Å². The topological polar surface area (TPSA) is 66.3 Å². The molecule has 13 heavy (non-hydrogen) atoms. The van der Waals surface area contributed by atoms with Gasteiger partial charge in [0.1, 0.15) is 0 Å². The first-order valence-electron chi connectivity index (χ1n) is 3.80. The Bertz CT molecular complexity index is 312. The quantitative estimate of drug-likeness (QED) is 0.720. The lowest BCUT2D eigenvalue weighted by molar-refractivity contribution is -0.136. The van der Waals surface area contributed by atoms with Gasteiger partial charge in [-0.1, -0.05) is 0 Å². The monoisotopic (exact) mass is 181 g/mol. The lowest BCUT2D eigenvalue weighted by Gasteiger charge is -2.09. The minimum atomic E-state index is -0.886. The Balaban J connectivity index is 2.85. The maximum Gasteiger partial charge on any atom is 0.309 e. The molecule has 0 aliphatic carbocycles. The maximum atomic E-state index is 10.4. The maximum absolute atomic E-state index is 10.4. The molecule has 1 rings (SSSR count). The van der Waals surface area contributed by atoms with E-state index < -0.39 is 5.97 Å². The van der Waals surface area contributed by atoms with E-state index in [2.05, 4.69) is 9.97 Å². The SMILES string of the molecule is CN(C)c1nccc(CC(=O)O)n1. The van der Waals surface area contributed by atoms with Crippen LogP contribution >= 0.6 is 0 Å². The summed E-state index contributed by atoms with van der Waals surface area (Å²) in [5.41, 5.74) is 0.520. The van der Waals surface area contributed by atoms with Crippen molar-refractivity contribution in [2.75, 3.05) is 19.0 Å². The molecule has 0 amide bonds. The molecular formula is C8H11N3O2. The lowest BCUT2D eigenvalue weighted by Crippen LogP contribution is -2.14. The van der Waals surface area contributed by atoms with Gasteiger partial charge in [0, 0.05) is 20.3 Å². The Morgan fingerprint density at radius 1 is 1.62 bits per heavy atom. The van der Waals surface area contributed by atoms with Crippen molar-refractivity contribution in [2.45, 2.75) is 6.42 Å². The molecule has 0 saturated heterocycles. The van der Waals surface area contributed by atoms with E-state index in [1.165, 1.54) is 0 Å². The molecule has 1 heterocycles. The summed E-state index contributed by atoms with van der Waals surface area (Å²) in [5, 5.41) is 8.52. The zero-order valence-electron chi connectivity index (χ0n) is 7.56. The minimum Gasteiger partial charge on any atom is -0.481 e. The standard InChI is InChI=1S/C8H11N3O2/c1-11(2)8-9-4-3-6(10-8)5-7(12)13/h3-4H,5H2,1-2H3,(H,12,13). The van der Waals surface area contributed by atoms with Crippen molar-refractivity contribution in [1.82, 2.24) is 9.97 Å². The zero-order valence-corrected chi connectivity index (χ0v) is 7.56.